The van der Waals surface area contributed by atoms with Crippen LogP contribution in [0.15, 0.2) is 6.07 Å². The molecule has 1 aromatic heterocycles. The van der Waals surface area contributed by atoms with Gasteiger partial charge in [-0.2, -0.15) is 0 Å². The van der Waals surface area contributed by atoms with Crippen LogP contribution >= 0.6 is 0 Å². The van der Waals surface area contributed by atoms with Crippen LogP contribution in [0.2, 0.25) is 0 Å². The summed E-state index contributed by atoms with van der Waals surface area (Å²) in [5, 5.41) is 3.60. The molecule has 16 heavy (non-hydrogen) atoms. The molecule has 1 aromatic rings. The molecule has 0 radical (unpaired) electrons. The Balaban J connectivity index is 2.45. The van der Waals surface area contributed by atoms with E-state index < -0.39 is 0 Å². The first kappa shape index (κ1) is 13.3. The third-order valence-corrected chi connectivity index (χ3v) is 3.51. The Hall–Kier alpha value is -0.760. The van der Waals surface area contributed by atoms with Gasteiger partial charge in [0.2, 0.25) is 0 Å². The summed E-state index contributed by atoms with van der Waals surface area (Å²) in [5.41, 5.74) is 4.16. The van der Waals surface area contributed by atoms with Gasteiger partial charge in [-0.05, 0) is 38.8 Å². The lowest BCUT2D eigenvalue weighted by Crippen LogP contribution is -2.25. The van der Waals surface area contributed by atoms with Gasteiger partial charge in [-0.3, -0.25) is 0 Å². The number of rotatable bonds is 6. The topological polar surface area (TPSA) is 17.0 Å². The zero-order chi connectivity index (χ0) is 12.1. The van der Waals surface area contributed by atoms with Crippen molar-refractivity contribution in [2.24, 2.45) is 7.05 Å². The second-order valence-corrected chi connectivity index (χ2v) is 4.88. The first-order valence-corrected chi connectivity index (χ1v) is 6.41. The highest BCUT2D eigenvalue weighted by Crippen LogP contribution is 2.13. The van der Waals surface area contributed by atoms with Crippen LogP contribution in [0.25, 0.3) is 0 Å². The molecule has 2 nitrogen and oxygen atoms in total. The molecular formula is C14H26N2. The Morgan fingerprint density at radius 3 is 2.56 bits per heavy atom. The normalized spacial score (nSPS) is 13.1. The third-order valence-electron chi connectivity index (χ3n) is 3.51. The van der Waals surface area contributed by atoms with Crippen LogP contribution in [0, 0.1) is 13.8 Å². The second kappa shape index (κ2) is 6.09. The summed E-state index contributed by atoms with van der Waals surface area (Å²) in [4.78, 5) is 0. The van der Waals surface area contributed by atoms with Crippen molar-refractivity contribution < 1.29 is 0 Å². The number of hydrogen-bond donors (Lipinski definition) is 1. The summed E-state index contributed by atoms with van der Waals surface area (Å²) < 4.78 is 2.26. The van der Waals surface area contributed by atoms with E-state index in [4.69, 9.17) is 0 Å². The molecule has 0 fully saturated rings. The van der Waals surface area contributed by atoms with Gasteiger partial charge in [0.15, 0.2) is 0 Å². The van der Waals surface area contributed by atoms with Gasteiger partial charge in [-0.25, -0.2) is 0 Å². The highest BCUT2D eigenvalue weighted by atomic mass is 15.0. The number of unbranched alkanes of at least 4 members (excludes halogenated alkanes) is 1. The minimum Gasteiger partial charge on any atom is -0.352 e. The van der Waals surface area contributed by atoms with Gasteiger partial charge in [-0.1, -0.05) is 19.8 Å². The summed E-state index contributed by atoms with van der Waals surface area (Å²) in [6.07, 6.45) is 3.89. The Morgan fingerprint density at radius 2 is 2.06 bits per heavy atom. The van der Waals surface area contributed by atoms with E-state index >= 15 is 0 Å². The fraction of sp³-hybridized carbons (Fsp3) is 0.714. The van der Waals surface area contributed by atoms with Crippen molar-refractivity contribution in [1.82, 2.24) is 9.88 Å². The lowest BCUT2D eigenvalue weighted by atomic mass is 10.1. The minimum atomic E-state index is 0.625. The van der Waals surface area contributed by atoms with Crippen molar-refractivity contribution in [2.45, 2.75) is 59.5 Å². The standard InChI is InChI=1S/C14H26N2/c1-6-7-8-11(2)15-10-14-9-12(3)16(5)13(14)4/h9,11,15H,6-8,10H2,1-5H3. The molecule has 0 amide bonds. The van der Waals surface area contributed by atoms with E-state index in [2.05, 4.69) is 50.7 Å². The van der Waals surface area contributed by atoms with Gasteiger partial charge in [-0.15, -0.1) is 0 Å². The summed E-state index contributed by atoms with van der Waals surface area (Å²) in [6.45, 7) is 9.88. The molecular weight excluding hydrogens is 196 g/mol. The van der Waals surface area contributed by atoms with E-state index in [-0.39, 0.29) is 0 Å². The van der Waals surface area contributed by atoms with Gasteiger partial charge in [0.05, 0.1) is 0 Å². The van der Waals surface area contributed by atoms with E-state index in [0.717, 1.165) is 6.54 Å². The van der Waals surface area contributed by atoms with Crippen LogP contribution < -0.4 is 5.32 Å². The summed E-state index contributed by atoms with van der Waals surface area (Å²) in [7, 11) is 2.13. The first-order valence-electron chi connectivity index (χ1n) is 6.41. The Bertz CT molecular complexity index is 326. The molecule has 0 bridgehead atoms. The number of hydrogen-bond acceptors (Lipinski definition) is 1. The SMILES string of the molecule is CCCCC(C)NCc1cc(C)n(C)c1C. The molecule has 0 aliphatic rings. The van der Waals surface area contributed by atoms with Gasteiger partial charge >= 0.3 is 0 Å². The van der Waals surface area contributed by atoms with Crippen LogP contribution in [0.3, 0.4) is 0 Å². The zero-order valence-corrected chi connectivity index (χ0v) is 11.4. The lowest BCUT2D eigenvalue weighted by molar-refractivity contribution is 0.494. The van der Waals surface area contributed by atoms with E-state index in [1.807, 2.05) is 0 Å². The van der Waals surface area contributed by atoms with Crippen molar-refractivity contribution in [3.05, 3.63) is 23.0 Å². The molecule has 1 N–H and O–H groups in total. The van der Waals surface area contributed by atoms with Crippen LogP contribution in [0.4, 0.5) is 0 Å². The average molecular weight is 222 g/mol. The summed E-state index contributed by atoms with van der Waals surface area (Å²) >= 11 is 0. The Labute approximate surface area is 100 Å². The van der Waals surface area contributed by atoms with Gasteiger partial charge in [0, 0.05) is 31.0 Å². The molecule has 1 atom stereocenters. The van der Waals surface area contributed by atoms with Crippen LogP contribution in [-0.2, 0) is 13.6 Å². The largest absolute Gasteiger partial charge is 0.352 e. The minimum absolute atomic E-state index is 0.625. The molecule has 0 aliphatic heterocycles. The molecule has 1 unspecified atom stereocenters. The third kappa shape index (κ3) is 3.38. The molecule has 1 rings (SSSR count). The van der Waals surface area contributed by atoms with E-state index in [9.17, 15) is 0 Å². The molecule has 0 spiro atoms. The van der Waals surface area contributed by atoms with Crippen molar-refractivity contribution in [3.63, 3.8) is 0 Å². The Kier molecular flexibility index (Phi) is 5.07. The predicted octanol–water partition coefficient (Wildman–Crippen LogP) is 3.31. The van der Waals surface area contributed by atoms with E-state index in [0.29, 0.717) is 6.04 Å². The highest BCUT2D eigenvalue weighted by Gasteiger charge is 2.07. The zero-order valence-electron chi connectivity index (χ0n) is 11.4. The molecule has 1 heterocycles. The van der Waals surface area contributed by atoms with Gasteiger partial charge in [0.25, 0.3) is 0 Å². The molecule has 2 heteroatoms. The number of aryl methyl sites for hydroxylation is 1. The molecule has 92 valence electrons. The molecule has 0 aromatic carbocycles. The van der Waals surface area contributed by atoms with Crippen molar-refractivity contribution in [3.8, 4) is 0 Å². The lowest BCUT2D eigenvalue weighted by Gasteiger charge is -2.13. The average Bonchev–Trinajstić information content (AvgIpc) is 2.51. The van der Waals surface area contributed by atoms with Crippen molar-refractivity contribution in [1.29, 1.82) is 0 Å². The number of nitrogens with one attached hydrogen (secondary N) is 1. The van der Waals surface area contributed by atoms with Gasteiger partial charge < -0.3 is 9.88 Å². The second-order valence-electron chi connectivity index (χ2n) is 4.88. The van der Waals surface area contributed by atoms with Gasteiger partial charge in [0.1, 0.15) is 0 Å². The van der Waals surface area contributed by atoms with Crippen molar-refractivity contribution >= 4 is 0 Å². The fourth-order valence-electron chi connectivity index (χ4n) is 2.01. The van der Waals surface area contributed by atoms with E-state index in [1.54, 1.807) is 0 Å². The summed E-state index contributed by atoms with van der Waals surface area (Å²) in [6, 6.07) is 2.91. The number of nitrogens with zero attached hydrogens (tertiary/aromatic N) is 1. The molecule has 0 saturated heterocycles. The summed E-state index contributed by atoms with van der Waals surface area (Å²) in [5.74, 6) is 0. The molecule has 0 saturated carbocycles. The predicted molar refractivity (Wildman–Crippen MR) is 70.7 cm³/mol. The quantitative estimate of drug-likeness (QED) is 0.781. The molecule has 0 aliphatic carbocycles. The highest BCUT2D eigenvalue weighted by molar-refractivity contribution is 5.26. The Morgan fingerprint density at radius 1 is 1.38 bits per heavy atom. The van der Waals surface area contributed by atoms with Crippen LogP contribution in [0.1, 0.15) is 50.1 Å². The maximum atomic E-state index is 3.60. The van der Waals surface area contributed by atoms with Crippen molar-refractivity contribution in [2.75, 3.05) is 0 Å². The maximum absolute atomic E-state index is 3.60. The van der Waals surface area contributed by atoms with Crippen LogP contribution in [-0.4, -0.2) is 10.6 Å². The maximum Gasteiger partial charge on any atom is 0.0225 e. The first-order chi connectivity index (χ1) is 7.56. The number of aromatic nitrogens is 1. The smallest absolute Gasteiger partial charge is 0.0225 e. The fourth-order valence-corrected chi connectivity index (χ4v) is 2.01. The van der Waals surface area contributed by atoms with E-state index in [1.165, 1.54) is 36.2 Å². The van der Waals surface area contributed by atoms with Crippen LogP contribution in [0.5, 0.6) is 0 Å². The monoisotopic (exact) mass is 222 g/mol.